The van der Waals surface area contributed by atoms with Crippen LogP contribution in [0, 0.1) is 30.6 Å². The van der Waals surface area contributed by atoms with E-state index >= 15 is 0 Å². The topological polar surface area (TPSA) is 444 Å². The second kappa shape index (κ2) is 54.4. The Morgan fingerprint density at radius 1 is 0.480 bits per heavy atom. The fraction of sp³-hybridized carbons (Fsp3) is 0.446. The standard InChI is InChI=1S/2C12H11NO5.C12H14O3.C10H9NO3.C7H11NO3.C6H16N2.2C2H2F2O2.2CH4/c2*14-10(6-9-11(15)18-12(16)13-9)17-7-8-4-2-1-3-5-8;1-3-5-7-9-11(13)15-12(14)10-8-6-4-2;12-9-8(11-10(13)14-9)6-7-4-2-1-3-5-7;1-4(2)3-5-6(9)11-7(10)8-5;7-5-3-1-2-4-6-8;2*3-1(4)2(5)6;;/h2*1-5,9H,6-7H2,(H,13,16);1-2H,5-10H2;1-5,8H,6H2,(H,11,13);4-5H,3H2,1-2H3,(H,8,10);1-8H2;2*1H,(H,5,6);2*1H4/t2*9-;;8-;5-;;;;;/m10.01...../s1. The Morgan fingerprint density at radius 3 is 1.04 bits per heavy atom. The second-order valence-corrected chi connectivity index (χ2v) is 19.9. The number of rotatable bonds is 25. The first-order valence-electron chi connectivity index (χ1n) is 29.1. The molecule has 0 unspecified atom stereocenters. The van der Waals surface area contributed by atoms with E-state index in [4.69, 9.17) is 53.6 Å². The number of hydrogen-bond acceptors (Lipinski definition) is 23. The minimum absolute atomic E-state index is 0. The molecule has 10 N–H and O–H groups in total. The number of nitrogens with two attached hydrogens (primary N) is 2. The average molecular weight is 1390 g/mol. The predicted octanol–water partition coefficient (Wildman–Crippen LogP) is 7.11. The first-order valence-corrected chi connectivity index (χ1v) is 29.1. The maximum Gasteiger partial charge on any atom is 0.415 e. The van der Waals surface area contributed by atoms with Crippen molar-refractivity contribution in [2.24, 2.45) is 17.4 Å². The molecule has 7 rings (SSSR count). The Morgan fingerprint density at radius 2 is 0.776 bits per heavy atom. The van der Waals surface area contributed by atoms with Gasteiger partial charge < -0.3 is 76.1 Å². The average Bonchev–Trinajstić information content (AvgIpc) is 1.77. The zero-order valence-electron chi connectivity index (χ0n) is 52.2. The molecular formula is C65H84F4N6O23. The number of amides is 4. The SMILES string of the molecule is C.C.C#CCCCC(=O)OC(=O)CCCC#C.CC(C)C[C@H]1NC(=O)OC1=O.NCCCCCCN.O=C(C[C@@H]1NC(=O)OC1=O)OCc1ccccc1.O=C(C[C@H]1NC(=O)OC1=O)OCc1ccccc1.O=C(O)C(F)F.O=C(O)C(F)F.O=C1N[C@@H](Cc2ccccc2)C(=O)O1. The van der Waals surface area contributed by atoms with Gasteiger partial charge in [-0.3, -0.25) is 19.2 Å². The highest BCUT2D eigenvalue weighted by atomic mass is 19.3. The quantitative estimate of drug-likeness (QED) is 0.0104. The van der Waals surface area contributed by atoms with Crippen LogP contribution in [0.5, 0.6) is 0 Å². The number of unbranched alkanes of at least 4 members (excludes halogenated alkanes) is 5. The van der Waals surface area contributed by atoms with E-state index in [0.717, 1.165) is 42.6 Å². The van der Waals surface area contributed by atoms with Crippen LogP contribution in [0.4, 0.5) is 36.7 Å². The van der Waals surface area contributed by atoms with Gasteiger partial charge in [-0.1, -0.05) is 133 Å². The van der Waals surface area contributed by atoms with E-state index in [-0.39, 0.29) is 53.8 Å². The van der Waals surface area contributed by atoms with Gasteiger partial charge in [0.15, 0.2) is 0 Å². The summed E-state index contributed by atoms with van der Waals surface area (Å²) in [6, 6.07) is 24.9. The minimum Gasteiger partial charge on any atom is -0.477 e. The lowest BCUT2D eigenvalue weighted by Gasteiger charge is -2.06. The van der Waals surface area contributed by atoms with E-state index in [9.17, 15) is 75.1 Å². The van der Waals surface area contributed by atoms with Crippen molar-refractivity contribution >= 4 is 84.1 Å². The normalized spacial score (nSPS) is 15.5. The molecule has 4 heterocycles. The highest BCUT2D eigenvalue weighted by Crippen LogP contribution is 2.13. The van der Waals surface area contributed by atoms with Gasteiger partial charge in [0, 0.05) is 32.1 Å². The zero-order valence-corrected chi connectivity index (χ0v) is 52.2. The maximum absolute atomic E-state index is 11.4. The Hall–Kier alpha value is -10.8. The zero-order chi connectivity index (χ0) is 72.4. The van der Waals surface area contributed by atoms with E-state index < -0.39 is 121 Å². The second-order valence-electron chi connectivity index (χ2n) is 19.9. The lowest BCUT2D eigenvalue weighted by Crippen LogP contribution is -2.31. The number of halogens is 4. The van der Waals surface area contributed by atoms with Crippen molar-refractivity contribution in [3.8, 4) is 24.7 Å². The molecule has 540 valence electrons. The minimum atomic E-state index is -3.23. The van der Waals surface area contributed by atoms with Crippen molar-refractivity contribution in [1.82, 2.24) is 21.3 Å². The predicted molar refractivity (Wildman–Crippen MR) is 339 cm³/mol. The summed E-state index contributed by atoms with van der Waals surface area (Å²) < 4.78 is 73.8. The number of cyclic esters (lactones) is 8. The van der Waals surface area contributed by atoms with E-state index in [1.54, 1.807) is 0 Å². The smallest absolute Gasteiger partial charge is 0.415 e. The molecule has 0 saturated carbocycles. The third-order valence-corrected chi connectivity index (χ3v) is 11.5. The first kappa shape index (κ1) is 91.4. The summed E-state index contributed by atoms with van der Waals surface area (Å²) in [6.45, 7) is 5.88. The molecule has 4 saturated heterocycles. The van der Waals surface area contributed by atoms with Gasteiger partial charge in [-0.15, -0.1) is 24.7 Å². The summed E-state index contributed by atoms with van der Waals surface area (Å²) >= 11 is 0. The number of ether oxygens (including phenoxy) is 7. The van der Waals surface area contributed by atoms with Gasteiger partial charge in [0.1, 0.15) is 37.4 Å². The fourth-order valence-electron chi connectivity index (χ4n) is 6.92. The van der Waals surface area contributed by atoms with Crippen LogP contribution in [0.1, 0.15) is 129 Å². The highest BCUT2D eigenvalue weighted by Gasteiger charge is 2.36. The van der Waals surface area contributed by atoms with Gasteiger partial charge in [-0.25, -0.2) is 47.9 Å². The molecule has 3 aromatic carbocycles. The molecular weight excluding hydrogens is 1310 g/mol. The Kier molecular flexibility index (Phi) is 50.8. The van der Waals surface area contributed by atoms with Crippen LogP contribution < -0.4 is 32.7 Å². The molecule has 4 amide bonds. The molecule has 4 aliphatic heterocycles. The number of carboxylic acids is 2. The molecule has 4 fully saturated rings. The number of hydrogen-bond donors (Lipinski definition) is 8. The third-order valence-electron chi connectivity index (χ3n) is 11.5. The van der Waals surface area contributed by atoms with Crippen LogP contribution in [-0.2, 0) is 101 Å². The van der Waals surface area contributed by atoms with E-state index in [1.807, 2.05) is 105 Å². The summed E-state index contributed by atoms with van der Waals surface area (Å²) in [4.78, 5) is 149. The lowest BCUT2D eigenvalue weighted by atomic mass is 10.0. The van der Waals surface area contributed by atoms with Crippen molar-refractivity contribution in [3.05, 3.63) is 108 Å². The van der Waals surface area contributed by atoms with Gasteiger partial charge in [-0.2, -0.15) is 17.6 Å². The lowest BCUT2D eigenvalue weighted by molar-refractivity contribution is -0.160. The van der Waals surface area contributed by atoms with Gasteiger partial charge in [0.05, 0.1) is 12.8 Å². The fourth-order valence-corrected chi connectivity index (χ4v) is 6.92. The van der Waals surface area contributed by atoms with Gasteiger partial charge >= 0.3 is 96.9 Å². The number of carbonyl (C=O) groups excluding carboxylic acids is 12. The molecule has 0 radical (unpaired) electrons. The summed E-state index contributed by atoms with van der Waals surface area (Å²) in [5.74, 6) is -3.59. The summed E-state index contributed by atoms with van der Waals surface area (Å²) in [7, 11) is 0. The number of esters is 8. The van der Waals surface area contributed by atoms with E-state index in [1.165, 1.54) is 12.8 Å². The van der Waals surface area contributed by atoms with Crippen LogP contribution in [0.15, 0.2) is 91.0 Å². The summed E-state index contributed by atoms with van der Waals surface area (Å²) in [5.41, 5.74) is 13.3. The van der Waals surface area contributed by atoms with Crippen molar-refractivity contribution in [2.75, 3.05) is 13.1 Å². The molecule has 98 heavy (non-hydrogen) atoms. The summed E-state index contributed by atoms with van der Waals surface area (Å²) in [6.07, 6.45) is 8.57. The number of benzene rings is 3. The molecule has 0 spiro atoms. The van der Waals surface area contributed by atoms with Crippen LogP contribution in [0.3, 0.4) is 0 Å². The Bertz CT molecular complexity index is 2920. The largest absolute Gasteiger partial charge is 0.477 e. The van der Waals surface area contributed by atoms with Crippen LogP contribution in [0.2, 0.25) is 0 Å². The summed E-state index contributed by atoms with van der Waals surface area (Å²) in [5, 5.41) is 23.8. The number of carbonyl (C=O) groups is 14. The Labute approximate surface area is 563 Å². The highest BCUT2D eigenvalue weighted by molar-refractivity contribution is 5.98. The maximum atomic E-state index is 11.4. The van der Waals surface area contributed by atoms with E-state index in [2.05, 4.69) is 56.8 Å². The van der Waals surface area contributed by atoms with Crippen molar-refractivity contribution in [3.63, 3.8) is 0 Å². The molecule has 0 aromatic heterocycles. The third kappa shape index (κ3) is 46.3. The van der Waals surface area contributed by atoms with Crippen molar-refractivity contribution < 1.29 is 128 Å². The number of aliphatic carboxylic acids is 2. The van der Waals surface area contributed by atoms with Gasteiger partial charge in [0.2, 0.25) is 0 Å². The number of nitrogens with one attached hydrogen (secondary N) is 4. The number of carboxylic acid groups (broad SMARTS) is 2. The van der Waals surface area contributed by atoms with E-state index in [0.29, 0.717) is 44.4 Å². The van der Waals surface area contributed by atoms with Gasteiger partial charge in [0.25, 0.3) is 0 Å². The number of terminal acetylenes is 2. The first-order chi connectivity index (χ1) is 45.5. The monoisotopic (exact) mass is 1390 g/mol. The van der Waals surface area contributed by atoms with Crippen molar-refractivity contribution in [1.29, 1.82) is 0 Å². The molecule has 33 heteroatoms. The molecule has 4 atom stereocenters. The van der Waals surface area contributed by atoms with Crippen molar-refractivity contribution in [2.45, 2.75) is 169 Å². The van der Waals surface area contributed by atoms with Crippen LogP contribution >= 0.6 is 0 Å². The van der Waals surface area contributed by atoms with Crippen LogP contribution in [0.25, 0.3) is 0 Å². The Balaban J connectivity index is -0.00000108. The van der Waals surface area contributed by atoms with Crippen LogP contribution in [-0.4, -0.2) is 144 Å². The number of alkyl halides is 4. The molecule has 0 bridgehead atoms. The molecule has 0 aliphatic carbocycles. The molecule has 3 aromatic rings. The molecule has 4 aliphatic rings. The molecule has 29 nitrogen and oxygen atoms in total. The number of alkyl carbamates (subject to hydrolysis) is 4. The van der Waals surface area contributed by atoms with Gasteiger partial charge in [-0.05, 0) is 67.8 Å².